The van der Waals surface area contributed by atoms with E-state index in [0.29, 0.717) is 11.3 Å². The lowest BCUT2D eigenvalue weighted by Gasteiger charge is -2.01. The van der Waals surface area contributed by atoms with Gasteiger partial charge in [0.1, 0.15) is 0 Å². The van der Waals surface area contributed by atoms with Gasteiger partial charge in [0, 0.05) is 0 Å². The van der Waals surface area contributed by atoms with Gasteiger partial charge in [0.25, 0.3) is 0 Å². The zero-order valence-corrected chi connectivity index (χ0v) is 6.20. The molecule has 0 aliphatic heterocycles. The Morgan fingerprint density at radius 2 is 2.27 bits per heavy atom. The van der Waals surface area contributed by atoms with Gasteiger partial charge in [-0.3, -0.25) is 4.79 Å². The maximum absolute atomic E-state index is 10.4. The molecule has 0 aliphatic carbocycles. The summed E-state index contributed by atoms with van der Waals surface area (Å²) in [7, 11) is 0. The Labute approximate surface area is 64.7 Å². The first-order chi connectivity index (χ1) is 5.27. The minimum Gasteiger partial charge on any atom is -0.411 e. The fourth-order valence-electron chi connectivity index (χ4n) is 0.867. The summed E-state index contributed by atoms with van der Waals surface area (Å²) in [6, 6.07) is 5.21. The van der Waals surface area contributed by atoms with E-state index in [1.807, 2.05) is 13.0 Å². The molecule has 0 aliphatic rings. The second-order valence-corrected chi connectivity index (χ2v) is 2.28. The van der Waals surface area contributed by atoms with Crippen LogP contribution in [0, 0.1) is 6.92 Å². The average Bonchev–Trinajstić information content (AvgIpc) is 2.04. The second-order valence-electron chi connectivity index (χ2n) is 2.28. The van der Waals surface area contributed by atoms with E-state index < -0.39 is 0 Å². The normalized spacial score (nSPS) is 9.27. The van der Waals surface area contributed by atoms with Crippen LogP contribution in [-0.4, -0.2) is 6.29 Å². The van der Waals surface area contributed by atoms with Crippen LogP contribution in [0.4, 0.5) is 0 Å². The highest BCUT2D eigenvalue weighted by atomic mass is 16.6. The summed E-state index contributed by atoms with van der Waals surface area (Å²) in [6.45, 7) is 1.90. The zero-order valence-electron chi connectivity index (χ0n) is 6.20. The molecule has 1 aromatic carbocycles. The van der Waals surface area contributed by atoms with Crippen molar-refractivity contribution in [2.45, 2.75) is 6.92 Å². The molecular weight excluding hydrogens is 142 g/mol. The molecule has 0 saturated carbocycles. The van der Waals surface area contributed by atoms with Crippen molar-refractivity contribution in [2.24, 2.45) is 5.90 Å². The molecule has 0 atom stereocenters. The second kappa shape index (κ2) is 3.16. The number of benzene rings is 1. The Morgan fingerprint density at radius 3 is 2.82 bits per heavy atom. The lowest BCUT2D eigenvalue weighted by atomic mass is 10.1. The van der Waals surface area contributed by atoms with Gasteiger partial charge in [-0.15, -0.1) is 0 Å². The highest BCUT2D eigenvalue weighted by Crippen LogP contribution is 2.16. The lowest BCUT2D eigenvalue weighted by molar-refractivity contribution is 0.111. The highest BCUT2D eigenvalue weighted by Gasteiger charge is 2.00. The third-order valence-corrected chi connectivity index (χ3v) is 1.42. The molecule has 11 heavy (non-hydrogen) atoms. The van der Waals surface area contributed by atoms with Crippen LogP contribution in [0.3, 0.4) is 0 Å². The first-order valence-electron chi connectivity index (χ1n) is 3.20. The molecule has 3 nitrogen and oxygen atoms in total. The van der Waals surface area contributed by atoms with Crippen LogP contribution in [0.25, 0.3) is 0 Å². The van der Waals surface area contributed by atoms with E-state index >= 15 is 0 Å². The Morgan fingerprint density at radius 1 is 1.55 bits per heavy atom. The number of carbonyl (C=O) groups is 1. The third-order valence-electron chi connectivity index (χ3n) is 1.42. The Kier molecular flexibility index (Phi) is 2.23. The molecule has 3 heteroatoms. The summed E-state index contributed by atoms with van der Waals surface area (Å²) < 4.78 is 0. The van der Waals surface area contributed by atoms with Crippen LogP contribution in [0.15, 0.2) is 18.2 Å². The molecule has 0 saturated heterocycles. The monoisotopic (exact) mass is 151 g/mol. The van der Waals surface area contributed by atoms with Crippen LogP contribution in [0.5, 0.6) is 5.75 Å². The zero-order chi connectivity index (χ0) is 8.27. The van der Waals surface area contributed by atoms with Crippen molar-refractivity contribution in [2.75, 3.05) is 0 Å². The minimum absolute atomic E-state index is 0.408. The predicted molar refractivity (Wildman–Crippen MR) is 41.4 cm³/mol. The summed E-state index contributed by atoms with van der Waals surface area (Å²) in [6.07, 6.45) is 0.717. The van der Waals surface area contributed by atoms with Gasteiger partial charge < -0.3 is 4.84 Å². The van der Waals surface area contributed by atoms with Crippen LogP contribution >= 0.6 is 0 Å². The molecule has 0 spiro atoms. The van der Waals surface area contributed by atoms with Crippen LogP contribution in [0.2, 0.25) is 0 Å². The first-order valence-corrected chi connectivity index (χ1v) is 3.20. The van der Waals surface area contributed by atoms with Gasteiger partial charge in [0.05, 0.1) is 5.56 Å². The molecule has 0 fully saturated rings. The molecule has 0 unspecified atom stereocenters. The smallest absolute Gasteiger partial charge is 0.157 e. The highest BCUT2D eigenvalue weighted by molar-refractivity contribution is 5.79. The van der Waals surface area contributed by atoms with Gasteiger partial charge in [0.2, 0.25) is 0 Å². The van der Waals surface area contributed by atoms with Gasteiger partial charge >= 0.3 is 0 Å². The van der Waals surface area contributed by atoms with Crippen LogP contribution in [0.1, 0.15) is 15.9 Å². The van der Waals surface area contributed by atoms with E-state index in [1.54, 1.807) is 12.1 Å². The largest absolute Gasteiger partial charge is 0.411 e. The maximum atomic E-state index is 10.4. The quantitative estimate of drug-likeness (QED) is 0.508. The lowest BCUT2D eigenvalue weighted by Crippen LogP contribution is -2.04. The number of nitrogens with two attached hydrogens (primary N) is 1. The van der Waals surface area contributed by atoms with Crippen molar-refractivity contribution in [1.82, 2.24) is 0 Å². The van der Waals surface area contributed by atoms with Crippen molar-refractivity contribution < 1.29 is 9.63 Å². The van der Waals surface area contributed by atoms with Gasteiger partial charge in [0.15, 0.2) is 12.0 Å². The van der Waals surface area contributed by atoms with E-state index in [1.165, 1.54) is 0 Å². The number of rotatable bonds is 2. The van der Waals surface area contributed by atoms with Gasteiger partial charge in [-0.1, -0.05) is 11.6 Å². The maximum Gasteiger partial charge on any atom is 0.157 e. The number of aryl methyl sites for hydroxylation is 1. The molecule has 0 radical (unpaired) electrons. The molecule has 0 bridgehead atoms. The van der Waals surface area contributed by atoms with Crippen LogP contribution in [-0.2, 0) is 0 Å². The van der Waals surface area contributed by atoms with Gasteiger partial charge in [-0.25, -0.2) is 0 Å². The number of aldehydes is 1. The molecule has 1 rings (SSSR count). The van der Waals surface area contributed by atoms with Crippen molar-refractivity contribution in [1.29, 1.82) is 0 Å². The summed E-state index contributed by atoms with van der Waals surface area (Å²) in [5.41, 5.74) is 1.49. The van der Waals surface area contributed by atoms with Crippen LogP contribution < -0.4 is 10.7 Å². The average molecular weight is 151 g/mol. The van der Waals surface area contributed by atoms with E-state index in [-0.39, 0.29) is 0 Å². The third kappa shape index (κ3) is 1.56. The summed E-state index contributed by atoms with van der Waals surface area (Å²) in [4.78, 5) is 14.9. The molecule has 0 aromatic heterocycles. The molecule has 2 N–H and O–H groups in total. The Bertz CT molecular complexity index is 271. The first kappa shape index (κ1) is 7.75. The molecule has 0 amide bonds. The van der Waals surface area contributed by atoms with Gasteiger partial charge in [-0.2, -0.15) is 5.90 Å². The number of carbonyl (C=O) groups excluding carboxylic acids is 1. The Balaban J connectivity index is 3.16. The molecule has 0 heterocycles. The molecule has 1 aromatic rings. The Hall–Kier alpha value is -1.35. The van der Waals surface area contributed by atoms with Crippen molar-refractivity contribution in [3.63, 3.8) is 0 Å². The summed E-state index contributed by atoms with van der Waals surface area (Å²) in [5.74, 6) is 5.33. The van der Waals surface area contributed by atoms with E-state index in [9.17, 15) is 4.79 Å². The summed E-state index contributed by atoms with van der Waals surface area (Å²) >= 11 is 0. The standard InChI is InChI=1S/C8H9NO2/c1-6-2-3-8(11-9)7(4-6)5-10/h2-5H,9H2,1H3. The SMILES string of the molecule is Cc1ccc(ON)c(C=O)c1. The van der Waals surface area contributed by atoms with Crippen molar-refractivity contribution >= 4 is 6.29 Å². The fourth-order valence-corrected chi connectivity index (χ4v) is 0.867. The van der Waals surface area contributed by atoms with Gasteiger partial charge in [-0.05, 0) is 19.1 Å². The van der Waals surface area contributed by atoms with E-state index in [2.05, 4.69) is 4.84 Å². The molecule has 58 valence electrons. The topological polar surface area (TPSA) is 52.3 Å². The van der Waals surface area contributed by atoms with E-state index in [0.717, 1.165) is 11.8 Å². The number of hydrogen-bond donors (Lipinski definition) is 1. The van der Waals surface area contributed by atoms with Crippen molar-refractivity contribution in [3.8, 4) is 5.75 Å². The molecular formula is C8H9NO2. The van der Waals surface area contributed by atoms with E-state index in [4.69, 9.17) is 5.90 Å². The predicted octanol–water partition coefficient (Wildman–Crippen LogP) is 1.06. The summed E-state index contributed by atoms with van der Waals surface area (Å²) in [5, 5.41) is 0. The fraction of sp³-hybridized carbons (Fsp3) is 0.125. The minimum atomic E-state index is 0.408. The number of hydrogen-bond acceptors (Lipinski definition) is 3. The van der Waals surface area contributed by atoms with Crippen molar-refractivity contribution in [3.05, 3.63) is 29.3 Å².